The molecule has 3 N–H and O–H groups in total. The quantitative estimate of drug-likeness (QED) is 0.430. The molecule has 0 amide bonds. The van der Waals surface area contributed by atoms with E-state index in [9.17, 15) is 14.7 Å². The van der Waals surface area contributed by atoms with E-state index in [4.69, 9.17) is 14.9 Å². The van der Waals surface area contributed by atoms with Crippen molar-refractivity contribution in [3.05, 3.63) is 71.5 Å². The number of ketones is 1. The van der Waals surface area contributed by atoms with E-state index in [-0.39, 0.29) is 23.7 Å². The molecule has 0 saturated carbocycles. The molecule has 0 radical (unpaired) electrons. The van der Waals surface area contributed by atoms with Gasteiger partial charge in [0, 0.05) is 17.7 Å². The van der Waals surface area contributed by atoms with Gasteiger partial charge < -0.3 is 20.1 Å². The molecule has 0 aliphatic rings. The number of aromatic hydroxyl groups is 1. The Morgan fingerprint density at radius 2 is 1.74 bits per heavy atom. The minimum Gasteiger partial charge on any atom is -0.508 e. The summed E-state index contributed by atoms with van der Waals surface area (Å²) in [6.07, 6.45) is 0.568. The highest BCUT2D eigenvalue weighted by Gasteiger charge is 2.12. The van der Waals surface area contributed by atoms with Gasteiger partial charge in [0.1, 0.15) is 18.1 Å². The Bertz CT molecular complexity index is 749. The molecule has 0 aliphatic carbocycles. The van der Waals surface area contributed by atoms with E-state index in [1.807, 2.05) is 30.3 Å². The van der Waals surface area contributed by atoms with Gasteiger partial charge in [0.05, 0.1) is 0 Å². The SMILES string of the molecule is O=C(O)C(O)=CC(=O)c1cc(O)cc(OCc2ccccc2)c1. The highest BCUT2D eigenvalue weighted by Crippen LogP contribution is 2.23. The van der Waals surface area contributed by atoms with E-state index in [1.165, 1.54) is 12.1 Å². The van der Waals surface area contributed by atoms with Crippen LogP contribution in [0.5, 0.6) is 11.5 Å². The fraction of sp³-hybridized carbons (Fsp3) is 0.0588. The van der Waals surface area contributed by atoms with E-state index in [1.54, 1.807) is 0 Å². The summed E-state index contributed by atoms with van der Waals surface area (Å²) in [5, 5.41) is 27.3. The average molecular weight is 314 g/mol. The third-order valence-electron chi connectivity index (χ3n) is 2.91. The first kappa shape index (κ1) is 16.1. The number of carbonyl (C=O) groups excluding carboxylic acids is 1. The Hall–Kier alpha value is -3.28. The van der Waals surface area contributed by atoms with E-state index >= 15 is 0 Å². The summed E-state index contributed by atoms with van der Waals surface area (Å²) in [7, 11) is 0. The van der Waals surface area contributed by atoms with Gasteiger partial charge in [-0.2, -0.15) is 0 Å². The van der Waals surface area contributed by atoms with E-state index in [0.717, 1.165) is 11.6 Å². The van der Waals surface area contributed by atoms with Gasteiger partial charge in [-0.25, -0.2) is 4.79 Å². The highest BCUT2D eigenvalue weighted by atomic mass is 16.5. The third-order valence-corrected chi connectivity index (χ3v) is 2.91. The number of aliphatic hydroxyl groups is 1. The zero-order chi connectivity index (χ0) is 16.8. The first-order chi connectivity index (χ1) is 11.0. The fourth-order valence-electron chi connectivity index (χ4n) is 1.82. The molecule has 6 heteroatoms. The average Bonchev–Trinajstić information content (AvgIpc) is 2.53. The number of aliphatic carboxylic acids is 1. The van der Waals surface area contributed by atoms with Crippen LogP contribution in [0.2, 0.25) is 0 Å². The van der Waals surface area contributed by atoms with Crippen LogP contribution < -0.4 is 4.74 Å². The Morgan fingerprint density at radius 3 is 2.39 bits per heavy atom. The first-order valence-corrected chi connectivity index (χ1v) is 6.65. The molecular formula is C17H14O6. The first-order valence-electron chi connectivity index (χ1n) is 6.65. The number of carboxylic acids is 1. The highest BCUT2D eigenvalue weighted by molar-refractivity contribution is 6.08. The van der Waals surface area contributed by atoms with Gasteiger partial charge >= 0.3 is 5.97 Å². The maximum atomic E-state index is 11.9. The molecule has 118 valence electrons. The lowest BCUT2D eigenvalue weighted by atomic mass is 10.1. The smallest absolute Gasteiger partial charge is 0.371 e. The molecule has 0 spiro atoms. The molecule has 6 nitrogen and oxygen atoms in total. The number of ether oxygens (including phenoxy) is 1. The van der Waals surface area contributed by atoms with Crippen molar-refractivity contribution in [3.63, 3.8) is 0 Å². The van der Waals surface area contributed by atoms with Crippen LogP contribution in [0.1, 0.15) is 15.9 Å². The van der Waals surface area contributed by atoms with E-state index < -0.39 is 17.5 Å². The Labute approximate surface area is 131 Å². The van der Waals surface area contributed by atoms with Crippen LogP contribution in [0.15, 0.2) is 60.4 Å². The van der Waals surface area contributed by atoms with Gasteiger partial charge in [-0.3, -0.25) is 4.79 Å². The summed E-state index contributed by atoms with van der Waals surface area (Å²) in [5.74, 6) is -3.41. The molecule has 2 aromatic rings. The maximum Gasteiger partial charge on any atom is 0.371 e. The molecule has 2 rings (SSSR count). The normalized spacial score (nSPS) is 11.0. The van der Waals surface area contributed by atoms with Gasteiger partial charge in [0.15, 0.2) is 5.78 Å². The van der Waals surface area contributed by atoms with Gasteiger partial charge in [-0.1, -0.05) is 30.3 Å². The largest absolute Gasteiger partial charge is 0.508 e. The van der Waals surface area contributed by atoms with Crippen LogP contribution in [-0.2, 0) is 11.4 Å². The summed E-state index contributed by atoms with van der Waals surface area (Å²) in [6, 6.07) is 13.2. The monoisotopic (exact) mass is 314 g/mol. The molecule has 0 unspecified atom stereocenters. The topological polar surface area (TPSA) is 104 Å². The lowest BCUT2D eigenvalue weighted by Crippen LogP contribution is -2.04. The minimum absolute atomic E-state index is 0.000798. The van der Waals surface area contributed by atoms with Gasteiger partial charge in [0.2, 0.25) is 5.76 Å². The summed E-state index contributed by atoms with van der Waals surface area (Å²) >= 11 is 0. The number of rotatable bonds is 6. The molecule has 2 aromatic carbocycles. The van der Waals surface area contributed by atoms with Gasteiger partial charge in [-0.05, 0) is 17.7 Å². The van der Waals surface area contributed by atoms with Crippen molar-refractivity contribution in [2.75, 3.05) is 0 Å². The van der Waals surface area contributed by atoms with Crippen LogP contribution in [-0.4, -0.2) is 27.1 Å². The second-order valence-corrected chi connectivity index (χ2v) is 4.69. The van der Waals surface area contributed by atoms with Crippen LogP contribution >= 0.6 is 0 Å². The van der Waals surface area contributed by atoms with Crippen LogP contribution in [0.4, 0.5) is 0 Å². The zero-order valence-corrected chi connectivity index (χ0v) is 12.0. The third kappa shape index (κ3) is 4.60. The standard InChI is InChI=1S/C17H14O6/c18-13-6-12(15(19)9-16(20)17(21)22)7-14(8-13)23-10-11-4-2-1-3-5-11/h1-9,18,20H,10H2,(H,21,22). The van der Waals surface area contributed by atoms with Crippen molar-refractivity contribution in [1.82, 2.24) is 0 Å². The summed E-state index contributed by atoms with van der Waals surface area (Å²) in [6.45, 7) is 0.244. The van der Waals surface area contributed by atoms with E-state index in [2.05, 4.69) is 0 Å². The molecular weight excluding hydrogens is 300 g/mol. The number of benzene rings is 2. The molecule has 0 aliphatic heterocycles. The zero-order valence-electron chi connectivity index (χ0n) is 12.0. The molecule has 0 fully saturated rings. The fourth-order valence-corrected chi connectivity index (χ4v) is 1.82. The molecule has 0 saturated heterocycles. The Balaban J connectivity index is 2.17. The van der Waals surface area contributed by atoms with Crippen molar-refractivity contribution < 1.29 is 29.6 Å². The lowest BCUT2D eigenvalue weighted by molar-refractivity contribution is -0.135. The van der Waals surface area contributed by atoms with Crippen LogP contribution in [0, 0.1) is 0 Å². The van der Waals surface area contributed by atoms with Crippen molar-refractivity contribution in [2.45, 2.75) is 6.61 Å². The van der Waals surface area contributed by atoms with E-state index in [0.29, 0.717) is 6.08 Å². The molecule has 0 atom stereocenters. The molecule has 0 bridgehead atoms. The predicted octanol–water partition coefficient (Wildman–Crippen LogP) is 2.68. The molecule has 0 aromatic heterocycles. The summed E-state index contributed by atoms with van der Waals surface area (Å²) < 4.78 is 5.50. The number of carboxylic acid groups (broad SMARTS) is 1. The number of carbonyl (C=O) groups is 2. The second kappa shape index (κ2) is 7.13. The maximum absolute atomic E-state index is 11.9. The lowest BCUT2D eigenvalue weighted by Gasteiger charge is -2.08. The van der Waals surface area contributed by atoms with Crippen molar-refractivity contribution in [3.8, 4) is 11.5 Å². The summed E-state index contributed by atoms with van der Waals surface area (Å²) in [5.41, 5.74) is 0.910. The second-order valence-electron chi connectivity index (χ2n) is 4.69. The van der Waals surface area contributed by atoms with Crippen LogP contribution in [0.25, 0.3) is 0 Å². The Kier molecular flexibility index (Phi) is 4.99. The van der Waals surface area contributed by atoms with Crippen LogP contribution in [0.3, 0.4) is 0 Å². The van der Waals surface area contributed by atoms with Crippen molar-refractivity contribution >= 4 is 11.8 Å². The minimum atomic E-state index is -1.61. The van der Waals surface area contributed by atoms with Crippen molar-refractivity contribution in [1.29, 1.82) is 0 Å². The van der Waals surface area contributed by atoms with Gasteiger partial charge in [-0.15, -0.1) is 0 Å². The number of phenolic OH excluding ortho intramolecular Hbond substituents is 1. The number of hydrogen-bond acceptors (Lipinski definition) is 5. The number of allylic oxidation sites excluding steroid dienone is 1. The Morgan fingerprint density at radius 1 is 1.04 bits per heavy atom. The molecule has 23 heavy (non-hydrogen) atoms. The van der Waals surface area contributed by atoms with Gasteiger partial charge in [0.25, 0.3) is 0 Å². The number of hydrogen-bond donors (Lipinski definition) is 3. The summed E-state index contributed by atoms with van der Waals surface area (Å²) in [4.78, 5) is 22.4. The number of phenols is 1. The number of aliphatic hydroxyl groups excluding tert-OH is 1. The molecule has 0 heterocycles. The predicted molar refractivity (Wildman–Crippen MR) is 81.6 cm³/mol. The van der Waals surface area contributed by atoms with Crippen molar-refractivity contribution in [2.24, 2.45) is 0 Å².